The number of halogens is 2. The smallest absolute Gasteiger partial charge is 0.194 e. The molecule has 0 spiro atoms. The molecule has 2 heterocycles. The number of hydrogen-bond acceptors (Lipinski definition) is 4. The molecule has 152 valence electrons. The maximum atomic E-state index is 13.1. The lowest BCUT2D eigenvalue weighted by Gasteiger charge is -2.37. The molecule has 0 bridgehead atoms. The fraction of sp³-hybridized carbons (Fsp3) is 0.400. The second-order valence-corrected chi connectivity index (χ2v) is 6.44. The molecule has 1 aliphatic heterocycles. The number of rotatable bonds is 5. The van der Waals surface area contributed by atoms with Gasteiger partial charge in [0.05, 0.1) is 12.6 Å². The van der Waals surface area contributed by atoms with Crippen molar-refractivity contribution in [1.29, 1.82) is 0 Å². The lowest BCUT2D eigenvalue weighted by molar-refractivity contribution is 0.186. The van der Waals surface area contributed by atoms with Gasteiger partial charge < -0.3 is 20.2 Å². The van der Waals surface area contributed by atoms with Crippen LogP contribution in [0.15, 0.2) is 53.8 Å². The van der Waals surface area contributed by atoms with E-state index in [4.69, 9.17) is 0 Å². The lowest BCUT2D eigenvalue weighted by atomic mass is 10.1. The van der Waals surface area contributed by atoms with Crippen molar-refractivity contribution in [1.82, 2.24) is 15.2 Å². The number of aliphatic hydroxyl groups excluding tert-OH is 1. The van der Waals surface area contributed by atoms with Gasteiger partial charge >= 0.3 is 0 Å². The summed E-state index contributed by atoms with van der Waals surface area (Å²) in [5.74, 6) is 0.594. The molecular formula is C20H27FIN5O. The first-order chi connectivity index (χ1) is 13.2. The Labute approximate surface area is 182 Å². The van der Waals surface area contributed by atoms with Crippen LogP contribution >= 0.6 is 24.0 Å². The van der Waals surface area contributed by atoms with Gasteiger partial charge in [0.2, 0.25) is 0 Å². The van der Waals surface area contributed by atoms with Crippen LogP contribution < -0.4 is 10.2 Å². The molecule has 1 aromatic carbocycles. The Morgan fingerprint density at radius 1 is 1.14 bits per heavy atom. The highest BCUT2D eigenvalue weighted by Gasteiger charge is 2.20. The Bertz CT molecular complexity index is 736. The first-order valence-electron chi connectivity index (χ1n) is 9.29. The maximum Gasteiger partial charge on any atom is 0.194 e. The number of guanidine groups is 1. The summed E-state index contributed by atoms with van der Waals surface area (Å²) in [6.07, 6.45) is 2.69. The number of piperazine rings is 1. The number of aromatic nitrogens is 1. The van der Waals surface area contributed by atoms with Gasteiger partial charge in [-0.25, -0.2) is 4.39 Å². The number of benzene rings is 1. The van der Waals surface area contributed by atoms with Crippen LogP contribution in [0.2, 0.25) is 0 Å². The van der Waals surface area contributed by atoms with Crippen molar-refractivity contribution in [2.24, 2.45) is 4.99 Å². The third kappa shape index (κ3) is 6.03. The maximum absolute atomic E-state index is 13.1. The van der Waals surface area contributed by atoms with Gasteiger partial charge in [0.1, 0.15) is 5.82 Å². The summed E-state index contributed by atoms with van der Waals surface area (Å²) in [4.78, 5) is 13.0. The highest BCUT2D eigenvalue weighted by molar-refractivity contribution is 14.0. The van der Waals surface area contributed by atoms with Gasteiger partial charge in [-0.2, -0.15) is 0 Å². The van der Waals surface area contributed by atoms with Crippen LogP contribution in [0, 0.1) is 5.82 Å². The number of hydrogen-bond donors (Lipinski definition) is 2. The Kier molecular flexibility index (Phi) is 8.91. The van der Waals surface area contributed by atoms with Crippen LogP contribution in [0.25, 0.3) is 0 Å². The minimum Gasteiger partial charge on any atom is -0.386 e. The van der Waals surface area contributed by atoms with E-state index >= 15 is 0 Å². The first kappa shape index (κ1) is 22.4. The van der Waals surface area contributed by atoms with Crippen LogP contribution in [0.3, 0.4) is 0 Å². The van der Waals surface area contributed by atoms with E-state index in [1.54, 1.807) is 24.5 Å². The highest BCUT2D eigenvalue weighted by atomic mass is 127. The van der Waals surface area contributed by atoms with Crippen molar-refractivity contribution in [3.63, 3.8) is 0 Å². The summed E-state index contributed by atoms with van der Waals surface area (Å²) in [5.41, 5.74) is 1.84. The van der Waals surface area contributed by atoms with Crippen molar-refractivity contribution in [2.75, 3.05) is 44.2 Å². The van der Waals surface area contributed by atoms with Gasteiger partial charge in [0.25, 0.3) is 0 Å². The largest absolute Gasteiger partial charge is 0.386 e. The molecule has 1 saturated heterocycles. The fourth-order valence-electron chi connectivity index (χ4n) is 3.12. The minimum absolute atomic E-state index is 0. The average molecular weight is 499 g/mol. The van der Waals surface area contributed by atoms with Crippen molar-refractivity contribution < 1.29 is 9.50 Å². The molecule has 3 rings (SSSR count). The van der Waals surface area contributed by atoms with Gasteiger partial charge in [-0.1, -0.05) is 0 Å². The summed E-state index contributed by atoms with van der Waals surface area (Å²) >= 11 is 0. The Morgan fingerprint density at radius 3 is 2.39 bits per heavy atom. The van der Waals surface area contributed by atoms with Gasteiger partial charge in [0.15, 0.2) is 5.96 Å². The van der Waals surface area contributed by atoms with Crippen LogP contribution in [0.4, 0.5) is 10.1 Å². The Balaban J connectivity index is 0.00000280. The molecule has 0 radical (unpaired) electrons. The number of aliphatic hydroxyl groups is 1. The summed E-state index contributed by atoms with van der Waals surface area (Å²) < 4.78 is 13.1. The summed E-state index contributed by atoms with van der Waals surface area (Å²) in [6.45, 7) is 6.39. The third-order valence-corrected chi connectivity index (χ3v) is 4.61. The van der Waals surface area contributed by atoms with E-state index in [-0.39, 0.29) is 29.8 Å². The topological polar surface area (TPSA) is 64.0 Å². The molecular weight excluding hydrogens is 472 g/mol. The van der Waals surface area contributed by atoms with Gasteiger partial charge in [0, 0.05) is 50.8 Å². The second kappa shape index (κ2) is 11.2. The minimum atomic E-state index is -0.651. The predicted octanol–water partition coefficient (Wildman–Crippen LogP) is 2.66. The average Bonchev–Trinajstić information content (AvgIpc) is 2.72. The van der Waals surface area contributed by atoms with Crippen LogP contribution in [-0.2, 0) is 0 Å². The molecule has 0 saturated carbocycles. The molecule has 2 N–H and O–H groups in total. The Hall–Kier alpha value is -1.94. The zero-order valence-electron chi connectivity index (χ0n) is 16.0. The molecule has 28 heavy (non-hydrogen) atoms. The third-order valence-electron chi connectivity index (χ3n) is 4.61. The normalized spacial score (nSPS) is 15.8. The second-order valence-electron chi connectivity index (χ2n) is 6.44. The van der Waals surface area contributed by atoms with E-state index in [1.165, 1.54) is 12.1 Å². The van der Waals surface area contributed by atoms with E-state index in [2.05, 4.69) is 25.1 Å². The predicted molar refractivity (Wildman–Crippen MR) is 121 cm³/mol. The summed E-state index contributed by atoms with van der Waals surface area (Å²) in [5, 5.41) is 13.6. The van der Waals surface area contributed by atoms with Gasteiger partial charge in [-0.3, -0.25) is 9.98 Å². The molecule has 1 fully saturated rings. The molecule has 6 nitrogen and oxygen atoms in total. The highest BCUT2D eigenvalue weighted by Crippen LogP contribution is 2.17. The standard InChI is InChI=1S/C20H26FN5O.HI/c1-2-23-20(24-15-19(27)16-7-9-22-10-8-16)26-13-11-25(12-14-26)18-5-3-17(21)4-6-18;/h3-10,19,27H,2,11-15H2,1H3,(H,23,24);1H. The van der Waals surface area contributed by atoms with E-state index in [9.17, 15) is 9.50 Å². The van der Waals surface area contributed by atoms with Gasteiger partial charge in [-0.05, 0) is 48.9 Å². The first-order valence-corrected chi connectivity index (χ1v) is 9.29. The zero-order valence-corrected chi connectivity index (χ0v) is 18.3. The number of nitrogens with one attached hydrogen (secondary N) is 1. The molecule has 1 unspecified atom stereocenters. The van der Waals surface area contributed by atoms with Gasteiger partial charge in [-0.15, -0.1) is 24.0 Å². The van der Waals surface area contributed by atoms with E-state index in [0.29, 0.717) is 6.54 Å². The van der Waals surface area contributed by atoms with E-state index < -0.39 is 6.10 Å². The SMILES string of the molecule is CCNC(=NCC(O)c1ccncc1)N1CCN(c2ccc(F)cc2)CC1.I. The fourth-order valence-corrected chi connectivity index (χ4v) is 3.12. The van der Waals surface area contributed by atoms with E-state index in [0.717, 1.165) is 49.9 Å². The summed E-state index contributed by atoms with van der Waals surface area (Å²) in [7, 11) is 0. The molecule has 1 atom stereocenters. The van der Waals surface area contributed by atoms with Crippen LogP contribution in [0.1, 0.15) is 18.6 Å². The van der Waals surface area contributed by atoms with E-state index in [1.807, 2.05) is 19.1 Å². The molecule has 1 aliphatic rings. The molecule has 0 amide bonds. The number of nitrogens with zero attached hydrogens (tertiary/aromatic N) is 4. The molecule has 8 heteroatoms. The zero-order chi connectivity index (χ0) is 19.1. The molecule has 1 aromatic heterocycles. The number of aliphatic imine (C=N–C) groups is 1. The van der Waals surface area contributed by atoms with Crippen molar-refractivity contribution in [2.45, 2.75) is 13.0 Å². The van der Waals surface area contributed by atoms with Crippen LogP contribution in [-0.4, -0.2) is 60.2 Å². The molecule has 0 aliphatic carbocycles. The number of anilines is 1. The van der Waals surface area contributed by atoms with Crippen LogP contribution in [0.5, 0.6) is 0 Å². The van der Waals surface area contributed by atoms with Crippen molar-refractivity contribution in [3.8, 4) is 0 Å². The quantitative estimate of drug-likeness (QED) is 0.377. The monoisotopic (exact) mass is 499 g/mol. The van der Waals surface area contributed by atoms with Crippen molar-refractivity contribution in [3.05, 3.63) is 60.2 Å². The summed E-state index contributed by atoms with van der Waals surface area (Å²) in [6, 6.07) is 10.2. The Morgan fingerprint density at radius 2 is 1.79 bits per heavy atom. The number of pyridine rings is 1. The molecule has 2 aromatic rings. The lowest BCUT2D eigenvalue weighted by Crippen LogP contribution is -2.52. The van der Waals surface area contributed by atoms with Crippen molar-refractivity contribution >= 4 is 35.6 Å².